The first-order valence-electron chi connectivity index (χ1n) is 10.4. The Morgan fingerprint density at radius 2 is 1.67 bits per heavy atom. The quantitative estimate of drug-likeness (QED) is 0.707. The molecule has 0 fully saturated rings. The second-order valence-corrected chi connectivity index (χ2v) is 8.46. The average Bonchev–Trinajstić information content (AvgIpc) is 2.73. The summed E-state index contributed by atoms with van der Waals surface area (Å²) in [7, 11) is 0. The summed E-state index contributed by atoms with van der Waals surface area (Å²) in [6.07, 6.45) is 1.11. The Hall–Kier alpha value is -3.13. The molecular formula is C25H31N3O2. The van der Waals surface area contributed by atoms with Gasteiger partial charge in [0.15, 0.2) is 0 Å². The van der Waals surface area contributed by atoms with Gasteiger partial charge in [-0.2, -0.15) is 5.26 Å². The number of hydrogen-bond acceptors (Lipinski definition) is 3. The van der Waals surface area contributed by atoms with E-state index < -0.39 is 0 Å². The predicted molar refractivity (Wildman–Crippen MR) is 119 cm³/mol. The molecule has 0 saturated carbocycles. The smallest absolute Gasteiger partial charge is 0.251 e. The van der Waals surface area contributed by atoms with Crippen LogP contribution < -0.4 is 5.32 Å². The summed E-state index contributed by atoms with van der Waals surface area (Å²) in [6, 6.07) is 17.0. The van der Waals surface area contributed by atoms with Gasteiger partial charge in [0.1, 0.15) is 0 Å². The molecule has 0 aromatic heterocycles. The highest BCUT2D eigenvalue weighted by Gasteiger charge is 2.16. The Balaban J connectivity index is 1.88. The van der Waals surface area contributed by atoms with Gasteiger partial charge in [-0.1, -0.05) is 52.0 Å². The molecule has 2 aromatic rings. The van der Waals surface area contributed by atoms with Crippen LogP contribution in [0.4, 0.5) is 0 Å². The summed E-state index contributed by atoms with van der Waals surface area (Å²) >= 11 is 0. The first kappa shape index (κ1) is 23.2. The fourth-order valence-corrected chi connectivity index (χ4v) is 3.13. The average molecular weight is 406 g/mol. The highest BCUT2D eigenvalue weighted by molar-refractivity contribution is 5.94. The lowest BCUT2D eigenvalue weighted by atomic mass is 9.87. The number of amides is 2. The number of carbonyl (C=O) groups is 2. The van der Waals surface area contributed by atoms with E-state index in [1.54, 1.807) is 17.0 Å². The van der Waals surface area contributed by atoms with Crippen LogP contribution in [0.5, 0.6) is 0 Å². The van der Waals surface area contributed by atoms with E-state index in [0.29, 0.717) is 30.8 Å². The van der Waals surface area contributed by atoms with Gasteiger partial charge in [-0.05, 0) is 47.2 Å². The van der Waals surface area contributed by atoms with Gasteiger partial charge in [0.25, 0.3) is 5.91 Å². The number of rotatable bonds is 8. The van der Waals surface area contributed by atoms with Gasteiger partial charge in [-0.15, -0.1) is 0 Å². The van der Waals surface area contributed by atoms with Gasteiger partial charge in [0.05, 0.1) is 11.6 Å². The molecule has 0 aliphatic heterocycles. The number of nitriles is 1. The molecule has 0 heterocycles. The molecule has 2 rings (SSSR count). The van der Waals surface area contributed by atoms with Crippen LogP contribution in [0.2, 0.25) is 0 Å². The summed E-state index contributed by atoms with van der Waals surface area (Å²) in [6.45, 7) is 9.88. The maximum absolute atomic E-state index is 12.7. The largest absolute Gasteiger partial charge is 0.352 e. The van der Waals surface area contributed by atoms with Crippen LogP contribution in [0.1, 0.15) is 67.6 Å². The van der Waals surface area contributed by atoms with E-state index in [9.17, 15) is 9.59 Å². The lowest BCUT2D eigenvalue weighted by molar-refractivity contribution is -0.131. The van der Waals surface area contributed by atoms with E-state index in [4.69, 9.17) is 5.26 Å². The Bertz CT molecular complexity index is 888. The van der Waals surface area contributed by atoms with Crippen molar-refractivity contribution in [3.05, 3.63) is 70.8 Å². The van der Waals surface area contributed by atoms with Crippen LogP contribution >= 0.6 is 0 Å². The van der Waals surface area contributed by atoms with E-state index in [-0.39, 0.29) is 23.7 Å². The van der Waals surface area contributed by atoms with Crippen LogP contribution in [0.15, 0.2) is 48.5 Å². The zero-order valence-corrected chi connectivity index (χ0v) is 18.4. The molecule has 0 bridgehead atoms. The minimum Gasteiger partial charge on any atom is -0.352 e. The zero-order valence-electron chi connectivity index (χ0n) is 18.4. The molecule has 0 radical (unpaired) electrons. The number of nitrogens with one attached hydrogen (secondary N) is 1. The molecule has 0 unspecified atom stereocenters. The van der Waals surface area contributed by atoms with Crippen molar-refractivity contribution in [2.75, 3.05) is 13.1 Å². The minimum atomic E-state index is -0.169. The van der Waals surface area contributed by atoms with Crippen molar-refractivity contribution in [1.29, 1.82) is 5.26 Å². The molecule has 30 heavy (non-hydrogen) atoms. The van der Waals surface area contributed by atoms with Gasteiger partial charge in [-0.3, -0.25) is 9.59 Å². The van der Waals surface area contributed by atoms with E-state index >= 15 is 0 Å². The minimum absolute atomic E-state index is 0.00425. The van der Waals surface area contributed by atoms with Crippen molar-refractivity contribution < 1.29 is 9.59 Å². The van der Waals surface area contributed by atoms with Gasteiger partial charge in [0.2, 0.25) is 5.91 Å². The second-order valence-electron chi connectivity index (χ2n) is 8.46. The molecule has 5 nitrogen and oxygen atoms in total. The number of hydrogen-bond donors (Lipinski definition) is 1. The van der Waals surface area contributed by atoms with E-state index in [2.05, 4.69) is 32.2 Å². The van der Waals surface area contributed by atoms with Crippen molar-refractivity contribution in [1.82, 2.24) is 10.2 Å². The Labute approximate surface area is 179 Å². The molecule has 2 aromatic carbocycles. The summed E-state index contributed by atoms with van der Waals surface area (Å²) in [5, 5.41) is 11.7. The SMILES string of the molecule is CCCN(Cc1ccc(C#N)cc1)C(=O)CCNC(=O)c1ccc(C(C)(C)C)cc1. The molecule has 0 saturated heterocycles. The normalized spacial score (nSPS) is 10.9. The van der Waals surface area contributed by atoms with E-state index in [1.807, 2.05) is 43.3 Å². The number of benzene rings is 2. The monoisotopic (exact) mass is 405 g/mol. The summed E-state index contributed by atoms with van der Waals surface area (Å²) < 4.78 is 0. The lowest BCUT2D eigenvalue weighted by Crippen LogP contribution is -2.34. The Morgan fingerprint density at radius 3 is 2.20 bits per heavy atom. The number of nitrogens with zero attached hydrogens (tertiary/aromatic N) is 2. The van der Waals surface area contributed by atoms with Crippen LogP contribution in [0.25, 0.3) is 0 Å². The van der Waals surface area contributed by atoms with Crippen LogP contribution in [0, 0.1) is 11.3 Å². The molecule has 0 aliphatic carbocycles. The second kappa shape index (κ2) is 10.6. The maximum Gasteiger partial charge on any atom is 0.251 e. The molecule has 1 N–H and O–H groups in total. The van der Waals surface area contributed by atoms with Crippen molar-refractivity contribution in [2.45, 2.75) is 52.5 Å². The maximum atomic E-state index is 12.7. The third-order valence-electron chi connectivity index (χ3n) is 4.94. The Morgan fingerprint density at radius 1 is 1.03 bits per heavy atom. The number of carbonyl (C=O) groups excluding carboxylic acids is 2. The zero-order chi connectivity index (χ0) is 22.1. The lowest BCUT2D eigenvalue weighted by Gasteiger charge is -2.22. The summed E-state index contributed by atoms with van der Waals surface area (Å²) in [4.78, 5) is 26.8. The first-order valence-corrected chi connectivity index (χ1v) is 10.4. The summed E-state index contributed by atoms with van der Waals surface area (Å²) in [5.74, 6) is -0.165. The van der Waals surface area contributed by atoms with Gasteiger partial charge in [-0.25, -0.2) is 0 Å². The van der Waals surface area contributed by atoms with E-state index in [1.165, 1.54) is 5.56 Å². The third kappa shape index (κ3) is 6.73. The van der Waals surface area contributed by atoms with Crippen molar-refractivity contribution in [3.63, 3.8) is 0 Å². The van der Waals surface area contributed by atoms with Gasteiger partial charge < -0.3 is 10.2 Å². The highest BCUT2D eigenvalue weighted by atomic mass is 16.2. The highest BCUT2D eigenvalue weighted by Crippen LogP contribution is 2.22. The van der Waals surface area contributed by atoms with Crippen LogP contribution in [-0.2, 0) is 16.8 Å². The predicted octanol–water partition coefficient (Wildman–Crippen LogP) is 4.41. The summed E-state index contributed by atoms with van der Waals surface area (Å²) in [5.41, 5.74) is 3.40. The van der Waals surface area contributed by atoms with Crippen molar-refractivity contribution in [2.24, 2.45) is 0 Å². The van der Waals surface area contributed by atoms with Crippen molar-refractivity contribution in [3.8, 4) is 6.07 Å². The molecular weight excluding hydrogens is 374 g/mol. The van der Waals surface area contributed by atoms with Gasteiger partial charge >= 0.3 is 0 Å². The molecule has 5 heteroatoms. The molecule has 2 amide bonds. The van der Waals surface area contributed by atoms with Crippen LogP contribution in [-0.4, -0.2) is 29.8 Å². The fraction of sp³-hybridized carbons (Fsp3) is 0.400. The van der Waals surface area contributed by atoms with Crippen molar-refractivity contribution >= 4 is 11.8 Å². The standard InChI is InChI=1S/C25H31N3O2/c1-5-16-28(18-20-8-6-19(17-26)7-9-20)23(29)14-15-27-24(30)21-10-12-22(13-11-21)25(2,3)4/h6-13H,5,14-16,18H2,1-4H3,(H,27,30). The van der Waals surface area contributed by atoms with E-state index in [0.717, 1.165) is 12.0 Å². The third-order valence-corrected chi connectivity index (χ3v) is 4.94. The Kier molecular flexibility index (Phi) is 8.17. The topological polar surface area (TPSA) is 73.2 Å². The molecule has 0 atom stereocenters. The fourth-order valence-electron chi connectivity index (χ4n) is 3.13. The first-order chi connectivity index (χ1) is 14.2. The van der Waals surface area contributed by atoms with Crippen LogP contribution in [0.3, 0.4) is 0 Å². The molecule has 158 valence electrons. The van der Waals surface area contributed by atoms with Gasteiger partial charge in [0, 0.05) is 31.6 Å². The molecule has 0 spiro atoms. The molecule has 0 aliphatic rings.